The van der Waals surface area contributed by atoms with Crippen molar-refractivity contribution in [1.82, 2.24) is 9.97 Å². The average molecular weight is 260 g/mol. The standard InChI is InChI=1S/C11H15F3N4/c1-18(6-7-3-2-4-7)9-5-8(11(12,13)14)16-10(15)17-9/h5,7H,2-4,6H2,1H3,(H2,15,16,17). The van der Waals surface area contributed by atoms with Crippen molar-refractivity contribution in [3.8, 4) is 0 Å². The summed E-state index contributed by atoms with van der Waals surface area (Å²) in [5.74, 6) is 0.419. The number of hydrogen-bond acceptors (Lipinski definition) is 4. The molecule has 0 aromatic carbocycles. The van der Waals surface area contributed by atoms with Gasteiger partial charge < -0.3 is 10.6 Å². The number of halogens is 3. The Bertz CT molecular complexity index is 429. The van der Waals surface area contributed by atoms with E-state index in [9.17, 15) is 13.2 Å². The predicted molar refractivity (Wildman–Crippen MR) is 62.1 cm³/mol. The molecule has 0 aliphatic heterocycles. The smallest absolute Gasteiger partial charge is 0.368 e. The molecule has 100 valence electrons. The number of nitrogens with zero attached hydrogens (tertiary/aromatic N) is 3. The van der Waals surface area contributed by atoms with Crippen LogP contribution < -0.4 is 10.6 Å². The van der Waals surface area contributed by atoms with Gasteiger partial charge in [0, 0.05) is 19.7 Å². The number of hydrogen-bond donors (Lipinski definition) is 1. The lowest BCUT2D eigenvalue weighted by atomic mass is 9.85. The number of anilines is 2. The van der Waals surface area contributed by atoms with Gasteiger partial charge in [-0.05, 0) is 18.8 Å². The maximum atomic E-state index is 12.6. The zero-order valence-electron chi connectivity index (χ0n) is 10.0. The lowest BCUT2D eigenvalue weighted by Gasteiger charge is -2.30. The van der Waals surface area contributed by atoms with Crippen LogP contribution in [0.15, 0.2) is 6.07 Å². The van der Waals surface area contributed by atoms with Gasteiger partial charge in [0.1, 0.15) is 5.82 Å². The van der Waals surface area contributed by atoms with Gasteiger partial charge in [0.2, 0.25) is 5.95 Å². The van der Waals surface area contributed by atoms with Crippen molar-refractivity contribution in [2.24, 2.45) is 5.92 Å². The summed E-state index contributed by atoms with van der Waals surface area (Å²) < 4.78 is 37.8. The zero-order chi connectivity index (χ0) is 13.3. The third kappa shape index (κ3) is 2.83. The van der Waals surface area contributed by atoms with E-state index < -0.39 is 11.9 Å². The highest BCUT2D eigenvalue weighted by Gasteiger charge is 2.34. The van der Waals surface area contributed by atoms with E-state index in [2.05, 4.69) is 9.97 Å². The van der Waals surface area contributed by atoms with Gasteiger partial charge in [-0.3, -0.25) is 0 Å². The summed E-state index contributed by atoms with van der Waals surface area (Å²) in [6, 6.07) is 0.940. The van der Waals surface area contributed by atoms with Crippen LogP contribution in [0, 0.1) is 5.92 Å². The van der Waals surface area contributed by atoms with Gasteiger partial charge in [0.15, 0.2) is 5.69 Å². The fourth-order valence-corrected chi connectivity index (χ4v) is 1.95. The van der Waals surface area contributed by atoms with E-state index in [0.717, 1.165) is 18.9 Å². The summed E-state index contributed by atoms with van der Waals surface area (Å²) in [6.45, 7) is 0.702. The molecule has 0 unspecified atom stereocenters. The van der Waals surface area contributed by atoms with Crippen LogP contribution in [0.4, 0.5) is 24.9 Å². The van der Waals surface area contributed by atoms with Gasteiger partial charge in [0.05, 0.1) is 0 Å². The molecule has 0 spiro atoms. The molecular formula is C11H15F3N4. The summed E-state index contributed by atoms with van der Waals surface area (Å²) in [7, 11) is 1.72. The van der Waals surface area contributed by atoms with Crippen molar-refractivity contribution in [2.75, 3.05) is 24.2 Å². The topological polar surface area (TPSA) is 55.0 Å². The molecule has 0 amide bonds. The first-order chi connectivity index (χ1) is 8.36. The fourth-order valence-electron chi connectivity index (χ4n) is 1.95. The second-order valence-corrected chi connectivity index (χ2v) is 4.64. The van der Waals surface area contributed by atoms with Gasteiger partial charge in [-0.25, -0.2) is 4.98 Å². The Hall–Kier alpha value is -1.53. The molecule has 0 radical (unpaired) electrons. The number of nitrogen functional groups attached to an aromatic ring is 1. The highest BCUT2D eigenvalue weighted by molar-refractivity contribution is 5.43. The van der Waals surface area contributed by atoms with Crippen LogP contribution in [0.2, 0.25) is 0 Å². The maximum Gasteiger partial charge on any atom is 0.433 e. The van der Waals surface area contributed by atoms with Crippen molar-refractivity contribution in [3.05, 3.63) is 11.8 Å². The molecule has 1 saturated carbocycles. The van der Waals surface area contributed by atoms with Crippen molar-refractivity contribution in [3.63, 3.8) is 0 Å². The van der Waals surface area contributed by atoms with Crippen LogP contribution in [-0.4, -0.2) is 23.6 Å². The number of nitrogens with two attached hydrogens (primary N) is 1. The molecule has 4 nitrogen and oxygen atoms in total. The molecular weight excluding hydrogens is 245 g/mol. The van der Waals surface area contributed by atoms with E-state index >= 15 is 0 Å². The minimum Gasteiger partial charge on any atom is -0.368 e. The molecule has 2 rings (SSSR count). The third-order valence-electron chi connectivity index (χ3n) is 3.17. The van der Waals surface area contributed by atoms with Crippen LogP contribution >= 0.6 is 0 Å². The number of aromatic nitrogens is 2. The Morgan fingerprint density at radius 2 is 2.06 bits per heavy atom. The molecule has 1 fully saturated rings. The van der Waals surface area contributed by atoms with E-state index in [-0.39, 0.29) is 11.8 Å². The molecule has 1 aliphatic carbocycles. The first-order valence-electron chi connectivity index (χ1n) is 5.79. The molecule has 18 heavy (non-hydrogen) atoms. The fraction of sp³-hybridized carbons (Fsp3) is 0.636. The van der Waals surface area contributed by atoms with Crippen molar-refractivity contribution < 1.29 is 13.2 Å². The Labute approximate surface area is 103 Å². The van der Waals surface area contributed by atoms with Crippen molar-refractivity contribution in [2.45, 2.75) is 25.4 Å². The summed E-state index contributed by atoms with van der Waals surface area (Å²) >= 11 is 0. The lowest BCUT2D eigenvalue weighted by molar-refractivity contribution is -0.141. The quantitative estimate of drug-likeness (QED) is 0.906. The average Bonchev–Trinajstić information content (AvgIpc) is 2.21. The molecule has 1 aliphatic rings. The van der Waals surface area contributed by atoms with Gasteiger partial charge in [-0.15, -0.1) is 0 Å². The van der Waals surface area contributed by atoms with Gasteiger partial charge in [-0.1, -0.05) is 6.42 Å². The van der Waals surface area contributed by atoms with Crippen molar-refractivity contribution >= 4 is 11.8 Å². The first-order valence-corrected chi connectivity index (χ1v) is 5.79. The zero-order valence-corrected chi connectivity index (χ0v) is 10.0. The lowest BCUT2D eigenvalue weighted by Crippen LogP contribution is -2.30. The summed E-state index contributed by atoms with van der Waals surface area (Å²) in [5.41, 5.74) is 4.33. The maximum absolute atomic E-state index is 12.6. The normalized spacial score (nSPS) is 16.4. The Morgan fingerprint density at radius 1 is 1.39 bits per heavy atom. The molecule has 1 heterocycles. The summed E-state index contributed by atoms with van der Waals surface area (Å²) in [6.07, 6.45) is -1.06. The van der Waals surface area contributed by atoms with Crippen LogP contribution in [0.3, 0.4) is 0 Å². The molecule has 1 aromatic heterocycles. The molecule has 7 heteroatoms. The highest BCUT2D eigenvalue weighted by atomic mass is 19.4. The minimum absolute atomic E-state index is 0.224. The summed E-state index contributed by atoms with van der Waals surface area (Å²) in [5, 5.41) is 0. The Morgan fingerprint density at radius 3 is 2.56 bits per heavy atom. The van der Waals surface area contributed by atoms with Gasteiger partial charge in [-0.2, -0.15) is 18.2 Å². The predicted octanol–water partition coefficient (Wildman–Crippen LogP) is 2.31. The first kappa shape index (κ1) is 12.9. The van der Waals surface area contributed by atoms with Crippen LogP contribution in [0.5, 0.6) is 0 Å². The van der Waals surface area contributed by atoms with Crippen LogP contribution in [0.1, 0.15) is 25.0 Å². The second kappa shape index (κ2) is 4.62. The van der Waals surface area contributed by atoms with E-state index in [1.807, 2.05) is 0 Å². The van der Waals surface area contributed by atoms with E-state index in [1.165, 1.54) is 6.42 Å². The third-order valence-corrected chi connectivity index (χ3v) is 3.17. The second-order valence-electron chi connectivity index (χ2n) is 4.64. The van der Waals surface area contributed by atoms with Crippen LogP contribution in [-0.2, 0) is 6.18 Å². The molecule has 1 aromatic rings. The molecule has 2 N–H and O–H groups in total. The van der Waals surface area contributed by atoms with E-state index in [4.69, 9.17) is 5.73 Å². The SMILES string of the molecule is CN(CC1CCC1)c1cc(C(F)(F)F)nc(N)n1. The van der Waals surface area contributed by atoms with Gasteiger partial charge in [0.25, 0.3) is 0 Å². The minimum atomic E-state index is -4.50. The highest BCUT2D eigenvalue weighted by Crippen LogP contribution is 2.31. The monoisotopic (exact) mass is 260 g/mol. The number of alkyl halides is 3. The van der Waals surface area contributed by atoms with Crippen molar-refractivity contribution in [1.29, 1.82) is 0 Å². The van der Waals surface area contributed by atoms with E-state index in [1.54, 1.807) is 11.9 Å². The van der Waals surface area contributed by atoms with E-state index in [0.29, 0.717) is 12.5 Å². The number of rotatable bonds is 3. The summed E-state index contributed by atoms with van der Waals surface area (Å²) in [4.78, 5) is 8.77. The molecule has 0 bridgehead atoms. The Balaban J connectivity index is 2.18. The largest absolute Gasteiger partial charge is 0.433 e. The molecule has 0 saturated heterocycles. The van der Waals surface area contributed by atoms with Crippen LogP contribution in [0.25, 0.3) is 0 Å². The van der Waals surface area contributed by atoms with Gasteiger partial charge >= 0.3 is 6.18 Å². The molecule has 0 atom stereocenters. The Kier molecular flexibility index (Phi) is 3.32.